The number of carbonyl (C=O) groups excluding carboxylic acids is 1. The van der Waals surface area contributed by atoms with Crippen LogP contribution in [0.3, 0.4) is 0 Å². The lowest BCUT2D eigenvalue weighted by Crippen LogP contribution is -2.41. The molecule has 0 radical (unpaired) electrons. The molecular weight excluding hydrogens is 432 g/mol. The molecule has 0 aromatic heterocycles. The van der Waals surface area contributed by atoms with E-state index in [0.29, 0.717) is 13.0 Å². The molecule has 2 aromatic rings. The molecule has 0 spiro atoms. The highest BCUT2D eigenvalue weighted by Crippen LogP contribution is 2.16. The summed E-state index contributed by atoms with van der Waals surface area (Å²) < 4.78 is 5.74. The maximum Gasteiger partial charge on any atom is 0.329 e. The van der Waals surface area contributed by atoms with E-state index in [1.807, 2.05) is 54.6 Å². The second-order valence-corrected chi connectivity index (χ2v) is 7.33. The number of ether oxygens (including phenoxy) is 1. The summed E-state index contributed by atoms with van der Waals surface area (Å²) in [5.41, 5.74) is 7.11. The fourth-order valence-electron chi connectivity index (χ4n) is 3.12. The highest BCUT2D eigenvalue weighted by Gasteiger charge is 2.26. The molecule has 0 heterocycles. The molecule has 0 aliphatic rings. The quantitative estimate of drug-likeness (QED) is 0.221. The van der Waals surface area contributed by atoms with E-state index in [1.165, 1.54) is 0 Å². The van der Waals surface area contributed by atoms with Crippen LogP contribution in [-0.4, -0.2) is 41.7 Å². The third-order valence-electron chi connectivity index (χ3n) is 4.89. The molecule has 0 saturated carbocycles. The lowest BCUT2D eigenvalue weighted by atomic mass is 10.1. The van der Waals surface area contributed by atoms with E-state index in [-0.39, 0.29) is 25.4 Å². The van der Waals surface area contributed by atoms with Gasteiger partial charge in [-0.2, -0.15) is 0 Å². The molecule has 0 aliphatic carbocycles. The molecule has 0 saturated heterocycles. The van der Waals surface area contributed by atoms with Crippen LogP contribution in [0.5, 0.6) is 5.75 Å². The number of nitrogens with two attached hydrogens (primary N) is 1. The lowest BCUT2D eigenvalue weighted by molar-refractivity contribution is -0.200. The second kappa shape index (κ2) is 16.1. The zero-order valence-corrected chi connectivity index (χ0v) is 19.0. The summed E-state index contributed by atoms with van der Waals surface area (Å²) in [6.07, 6.45) is 6.03. The first-order chi connectivity index (χ1) is 15.1. The standard InChI is InChI=1S/C24H32N2O5.ClH/c25-15-7-2-1-3-8-16-30-22-13-11-20(12-14-22)17-23(24(28)29)26(19-27)31-18-21-9-5-4-6-10-21;/h4-6,9-14,19,23H,1-3,7-8,15-18,25H2,(H,28,29);1H. The van der Waals surface area contributed by atoms with E-state index in [4.69, 9.17) is 15.3 Å². The number of hydrogen-bond acceptors (Lipinski definition) is 5. The zero-order chi connectivity index (χ0) is 22.3. The first-order valence-corrected chi connectivity index (χ1v) is 10.7. The number of carboxylic acids is 1. The van der Waals surface area contributed by atoms with Crippen molar-refractivity contribution in [1.82, 2.24) is 5.06 Å². The van der Waals surface area contributed by atoms with E-state index in [9.17, 15) is 14.7 Å². The molecule has 1 unspecified atom stereocenters. The van der Waals surface area contributed by atoms with E-state index >= 15 is 0 Å². The minimum atomic E-state index is -1.13. The molecule has 3 N–H and O–H groups in total. The van der Waals surface area contributed by atoms with Gasteiger partial charge < -0.3 is 15.6 Å². The molecule has 8 heteroatoms. The van der Waals surface area contributed by atoms with Gasteiger partial charge in [-0.05, 0) is 42.6 Å². The third kappa shape index (κ3) is 10.1. The predicted octanol–water partition coefficient (Wildman–Crippen LogP) is 3.98. The first-order valence-electron chi connectivity index (χ1n) is 10.7. The van der Waals surface area contributed by atoms with Gasteiger partial charge in [-0.1, -0.05) is 61.7 Å². The molecule has 0 aliphatic heterocycles. The Morgan fingerprint density at radius 3 is 2.25 bits per heavy atom. The summed E-state index contributed by atoms with van der Waals surface area (Å²) in [4.78, 5) is 28.6. The summed E-state index contributed by atoms with van der Waals surface area (Å²) >= 11 is 0. The minimum absolute atomic E-state index is 0. The number of carbonyl (C=O) groups is 2. The molecule has 32 heavy (non-hydrogen) atoms. The number of amides is 1. The van der Waals surface area contributed by atoms with Gasteiger partial charge in [0.25, 0.3) is 0 Å². The van der Waals surface area contributed by atoms with Crippen LogP contribution in [0.2, 0.25) is 0 Å². The van der Waals surface area contributed by atoms with Crippen LogP contribution < -0.4 is 10.5 Å². The Morgan fingerprint density at radius 2 is 1.62 bits per heavy atom. The van der Waals surface area contributed by atoms with Crippen molar-refractivity contribution in [2.45, 2.75) is 51.2 Å². The van der Waals surface area contributed by atoms with Gasteiger partial charge in [0.15, 0.2) is 6.04 Å². The van der Waals surface area contributed by atoms with E-state index in [1.54, 1.807) is 0 Å². The molecule has 2 rings (SSSR count). The van der Waals surface area contributed by atoms with Gasteiger partial charge in [0, 0.05) is 6.42 Å². The van der Waals surface area contributed by atoms with Crippen LogP contribution in [-0.2, 0) is 27.5 Å². The van der Waals surface area contributed by atoms with Crippen LogP contribution in [0, 0.1) is 0 Å². The molecule has 2 aromatic carbocycles. The molecule has 1 amide bonds. The molecule has 1 atom stereocenters. The number of aliphatic carboxylic acids is 1. The van der Waals surface area contributed by atoms with Gasteiger partial charge in [0.1, 0.15) is 12.4 Å². The van der Waals surface area contributed by atoms with Crippen LogP contribution in [0.1, 0.15) is 43.2 Å². The van der Waals surface area contributed by atoms with Crippen molar-refractivity contribution < 1.29 is 24.3 Å². The Kier molecular flexibility index (Phi) is 13.8. The van der Waals surface area contributed by atoms with Crippen LogP contribution >= 0.6 is 12.4 Å². The number of halogens is 1. The number of hydroxylamine groups is 2. The summed E-state index contributed by atoms with van der Waals surface area (Å²) in [5, 5.41) is 10.5. The van der Waals surface area contributed by atoms with E-state index < -0.39 is 12.0 Å². The Hall–Kier alpha value is -2.61. The fraction of sp³-hybridized carbons (Fsp3) is 0.417. The Bertz CT molecular complexity index is 774. The maximum absolute atomic E-state index is 11.7. The highest BCUT2D eigenvalue weighted by atomic mass is 35.5. The Labute approximate surface area is 195 Å². The Balaban J connectivity index is 0.00000512. The molecule has 0 fully saturated rings. The number of nitrogens with zero attached hydrogens (tertiary/aromatic N) is 1. The summed E-state index contributed by atoms with van der Waals surface area (Å²) in [6, 6.07) is 15.4. The van der Waals surface area contributed by atoms with Crippen molar-refractivity contribution in [2.24, 2.45) is 5.73 Å². The lowest BCUT2D eigenvalue weighted by Gasteiger charge is -2.24. The fourth-order valence-corrected chi connectivity index (χ4v) is 3.12. The molecule has 176 valence electrons. The van der Waals surface area contributed by atoms with Crippen molar-refractivity contribution >= 4 is 24.8 Å². The number of hydrogen-bond donors (Lipinski definition) is 2. The topological polar surface area (TPSA) is 102 Å². The van der Waals surface area contributed by atoms with Gasteiger partial charge in [-0.3, -0.25) is 9.63 Å². The summed E-state index contributed by atoms with van der Waals surface area (Å²) in [5.74, 6) is -0.389. The molecular formula is C24H33ClN2O5. The maximum atomic E-state index is 11.7. The summed E-state index contributed by atoms with van der Waals surface area (Å²) in [6.45, 7) is 1.50. The summed E-state index contributed by atoms with van der Waals surface area (Å²) in [7, 11) is 0. The van der Waals surface area contributed by atoms with Crippen LogP contribution in [0.4, 0.5) is 0 Å². The van der Waals surface area contributed by atoms with Crippen LogP contribution in [0.15, 0.2) is 54.6 Å². The van der Waals surface area contributed by atoms with Gasteiger partial charge in [0.05, 0.1) is 6.61 Å². The molecule has 0 bridgehead atoms. The Morgan fingerprint density at radius 1 is 0.969 bits per heavy atom. The van der Waals surface area contributed by atoms with Crippen molar-refractivity contribution in [2.75, 3.05) is 13.2 Å². The van der Waals surface area contributed by atoms with Crippen molar-refractivity contribution in [3.63, 3.8) is 0 Å². The van der Waals surface area contributed by atoms with Gasteiger partial charge in [0.2, 0.25) is 6.41 Å². The smallest absolute Gasteiger partial charge is 0.329 e. The van der Waals surface area contributed by atoms with Gasteiger partial charge in [-0.25, -0.2) is 9.86 Å². The zero-order valence-electron chi connectivity index (χ0n) is 18.2. The molecule has 7 nitrogen and oxygen atoms in total. The van der Waals surface area contributed by atoms with Crippen molar-refractivity contribution in [3.8, 4) is 5.75 Å². The highest BCUT2D eigenvalue weighted by molar-refractivity contribution is 5.85. The number of carboxylic acid groups (broad SMARTS) is 1. The van der Waals surface area contributed by atoms with Crippen molar-refractivity contribution in [1.29, 1.82) is 0 Å². The normalized spacial score (nSPS) is 11.3. The van der Waals surface area contributed by atoms with Gasteiger partial charge in [-0.15, -0.1) is 12.4 Å². The number of rotatable bonds is 16. The average molecular weight is 465 g/mol. The van der Waals surface area contributed by atoms with E-state index in [2.05, 4.69) is 0 Å². The largest absolute Gasteiger partial charge is 0.494 e. The van der Waals surface area contributed by atoms with E-state index in [0.717, 1.165) is 60.6 Å². The predicted molar refractivity (Wildman–Crippen MR) is 126 cm³/mol. The van der Waals surface area contributed by atoms with Crippen LogP contribution in [0.25, 0.3) is 0 Å². The number of benzene rings is 2. The first kappa shape index (κ1) is 27.4. The minimum Gasteiger partial charge on any atom is -0.494 e. The third-order valence-corrected chi connectivity index (χ3v) is 4.89. The van der Waals surface area contributed by atoms with Crippen molar-refractivity contribution in [3.05, 3.63) is 65.7 Å². The average Bonchev–Trinajstić information content (AvgIpc) is 2.79. The second-order valence-electron chi connectivity index (χ2n) is 7.33. The monoisotopic (exact) mass is 464 g/mol. The van der Waals surface area contributed by atoms with Gasteiger partial charge >= 0.3 is 5.97 Å². The SMILES string of the molecule is Cl.NCCCCCCCOc1ccc(CC(C(=O)O)N(C=O)OCc2ccccc2)cc1. The number of unbranched alkanes of at least 4 members (excludes halogenated alkanes) is 4.